The van der Waals surface area contributed by atoms with Crippen molar-refractivity contribution in [2.45, 2.75) is 13.3 Å². The highest BCUT2D eigenvalue weighted by Gasteiger charge is 2.01. The maximum Gasteiger partial charge on any atom is 0.309 e. The van der Waals surface area contributed by atoms with Crippen LogP contribution in [0.1, 0.15) is 13.3 Å². The largest absolute Gasteiger partial charge is 0.491 e. The van der Waals surface area contributed by atoms with Crippen LogP contribution in [0.4, 0.5) is 0 Å². The molecule has 76 valence electrons. The molecule has 1 aromatic heterocycles. The summed E-state index contributed by atoms with van der Waals surface area (Å²) in [6.45, 7) is 2.51. The second-order valence-electron chi connectivity index (χ2n) is 2.59. The standard InChI is InChI=1S/C10H13NO3/c1-2-13-10(12)5-7-14-9-4-3-6-11-8-9/h3-4,6,8H,2,5,7H2,1H3. The topological polar surface area (TPSA) is 48.4 Å². The van der Waals surface area contributed by atoms with E-state index in [9.17, 15) is 4.79 Å². The number of hydrogen-bond acceptors (Lipinski definition) is 4. The lowest BCUT2D eigenvalue weighted by atomic mass is 10.4. The van der Waals surface area contributed by atoms with E-state index < -0.39 is 0 Å². The summed E-state index contributed by atoms with van der Waals surface area (Å²) in [6.07, 6.45) is 3.53. The Morgan fingerprint density at radius 2 is 2.43 bits per heavy atom. The molecule has 0 radical (unpaired) electrons. The molecule has 1 rings (SSSR count). The van der Waals surface area contributed by atoms with E-state index in [2.05, 4.69) is 4.98 Å². The van der Waals surface area contributed by atoms with Crippen LogP contribution in [-0.2, 0) is 9.53 Å². The van der Waals surface area contributed by atoms with Crippen molar-refractivity contribution >= 4 is 5.97 Å². The van der Waals surface area contributed by atoms with E-state index in [-0.39, 0.29) is 12.4 Å². The lowest BCUT2D eigenvalue weighted by molar-refractivity contribution is -0.143. The van der Waals surface area contributed by atoms with Crippen molar-refractivity contribution < 1.29 is 14.3 Å². The third kappa shape index (κ3) is 3.89. The van der Waals surface area contributed by atoms with Crippen LogP contribution in [-0.4, -0.2) is 24.2 Å². The summed E-state index contributed by atoms with van der Waals surface area (Å²) in [5.74, 6) is 0.424. The van der Waals surface area contributed by atoms with Crippen molar-refractivity contribution in [3.8, 4) is 5.75 Å². The third-order valence-electron chi connectivity index (χ3n) is 1.51. The molecule has 0 atom stereocenters. The fourth-order valence-corrected chi connectivity index (χ4v) is 0.918. The van der Waals surface area contributed by atoms with Crippen molar-refractivity contribution in [3.05, 3.63) is 24.5 Å². The normalized spacial score (nSPS) is 9.50. The van der Waals surface area contributed by atoms with Crippen LogP contribution in [0.25, 0.3) is 0 Å². The zero-order valence-electron chi connectivity index (χ0n) is 8.10. The monoisotopic (exact) mass is 195 g/mol. The van der Waals surface area contributed by atoms with E-state index in [1.54, 1.807) is 31.5 Å². The van der Waals surface area contributed by atoms with Crippen LogP contribution in [0.15, 0.2) is 24.5 Å². The van der Waals surface area contributed by atoms with Crippen molar-refractivity contribution in [2.24, 2.45) is 0 Å². The summed E-state index contributed by atoms with van der Waals surface area (Å²) in [4.78, 5) is 14.8. The van der Waals surface area contributed by atoms with Crippen molar-refractivity contribution in [3.63, 3.8) is 0 Å². The molecular formula is C10H13NO3. The zero-order valence-corrected chi connectivity index (χ0v) is 8.10. The molecule has 0 aromatic carbocycles. The Labute approximate surface area is 82.9 Å². The average Bonchev–Trinajstić information content (AvgIpc) is 2.20. The molecule has 0 aliphatic carbocycles. The molecule has 0 spiro atoms. The van der Waals surface area contributed by atoms with Crippen LogP contribution < -0.4 is 4.74 Å². The van der Waals surface area contributed by atoms with E-state index in [1.165, 1.54) is 0 Å². The summed E-state index contributed by atoms with van der Waals surface area (Å²) >= 11 is 0. The number of aromatic nitrogens is 1. The molecule has 0 bridgehead atoms. The molecule has 0 fully saturated rings. The van der Waals surface area contributed by atoms with E-state index in [1.807, 2.05) is 0 Å². The molecule has 0 saturated heterocycles. The van der Waals surface area contributed by atoms with Gasteiger partial charge in [-0.1, -0.05) is 0 Å². The van der Waals surface area contributed by atoms with Gasteiger partial charge in [0.25, 0.3) is 0 Å². The molecular weight excluding hydrogens is 182 g/mol. The van der Waals surface area contributed by atoms with Crippen LogP contribution in [0, 0.1) is 0 Å². The van der Waals surface area contributed by atoms with E-state index in [0.29, 0.717) is 19.0 Å². The van der Waals surface area contributed by atoms with E-state index in [0.717, 1.165) is 0 Å². The number of pyridine rings is 1. The van der Waals surface area contributed by atoms with Crippen molar-refractivity contribution in [2.75, 3.05) is 13.2 Å². The minimum absolute atomic E-state index is 0.239. The quantitative estimate of drug-likeness (QED) is 0.666. The van der Waals surface area contributed by atoms with Gasteiger partial charge in [-0.05, 0) is 19.1 Å². The van der Waals surface area contributed by atoms with E-state index >= 15 is 0 Å². The summed E-state index contributed by atoms with van der Waals surface area (Å²) in [6, 6.07) is 3.57. The minimum atomic E-state index is -0.239. The van der Waals surface area contributed by atoms with Crippen molar-refractivity contribution in [1.82, 2.24) is 4.98 Å². The molecule has 4 nitrogen and oxygen atoms in total. The van der Waals surface area contributed by atoms with Gasteiger partial charge in [0.15, 0.2) is 0 Å². The summed E-state index contributed by atoms with van der Waals surface area (Å²) < 4.78 is 10.0. The molecule has 0 saturated carbocycles. The Bertz CT molecular complexity index is 274. The first-order valence-corrected chi connectivity index (χ1v) is 4.51. The summed E-state index contributed by atoms with van der Waals surface area (Å²) in [5, 5.41) is 0. The van der Waals surface area contributed by atoms with Gasteiger partial charge in [-0.3, -0.25) is 9.78 Å². The molecule has 0 aliphatic heterocycles. The fraction of sp³-hybridized carbons (Fsp3) is 0.400. The van der Waals surface area contributed by atoms with Crippen LogP contribution in [0.2, 0.25) is 0 Å². The van der Waals surface area contributed by atoms with Gasteiger partial charge in [-0.25, -0.2) is 0 Å². The van der Waals surface area contributed by atoms with Crippen LogP contribution >= 0.6 is 0 Å². The lowest BCUT2D eigenvalue weighted by Crippen LogP contribution is -2.09. The molecule has 0 aliphatic rings. The number of carbonyl (C=O) groups is 1. The summed E-state index contributed by atoms with van der Waals surface area (Å²) in [5.41, 5.74) is 0. The lowest BCUT2D eigenvalue weighted by Gasteiger charge is -2.04. The number of rotatable bonds is 5. The first kappa shape index (κ1) is 10.5. The first-order chi connectivity index (χ1) is 6.83. The van der Waals surface area contributed by atoms with Crippen molar-refractivity contribution in [1.29, 1.82) is 0 Å². The van der Waals surface area contributed by atoms with Gasteiger partial charge in [0.2, 0.25) is 0 Å². The molecule has 0 unspecified atom stereocenters. The highest BCUT2D eigenvalue weighted by molar-refractivity contribution is 5.69. The Hall–Kier alpha value is -1.58. The molecule has 0 amide bonds. The number of ether oxygens (including phenoxy) is 2. The minimum Gasteiger partial charge on any atom is -0.491 e. The van der Waals surface area contributed by atoms with E-state index in [4.69, 9.17) is 9.47 Å². The molecule has 14 heavy (non-hydrogen) atoms. The Balaban J connectivity index is 2.19. The van der Waals surface area contributed by atoms with Gasteiger partial charge in [0, 0.05) is 6.20 Å². The number of nitrogens with zero attached hydrogens (tertiary/aromatic N) is 1. The average molecular weight is 195 g/mol. The van der Waals surface area contributed by atoms with Gasteiger partial charge in [-0.15, -0.1) is 0 Å². The predicted octanol–water partition coefficient (Wildman–Crippen LogP) is 1.41. The number of esters is 1. The van der Waals surface area contributed by atoms with Gasteiger partial charge in [-0.2, -0.15) is 0 Å². The third-order valence-corrected chi connectivity index (χ3v) is 1.51. The van der Waals surface area contributed by atoms with Gasteiger partial charge in [0.1, 0.15) is 5.75 Å². The maximum absolute atomic E-state index is 10.9. The highest BCUT2D eigenvalue weighted by Crippen LogP contribution is 2.06. The number of carbonyl (C=O) groups excluding carboxylic acids is 1. The Morgan fingerprint density at radius 1 is 1.57 bits per heavy atom. The molecule has 1 aromatic rings. The maximum atomic E-state index is 10.9. The molecule has 0 N–H and O–H groups in total. The Kier molecular flexibility index (Phi) is 4.47. The second-order valence-corrected chi connectivity index (χ2v) is 2.59. The van der Waals surface area contributed by atoms with Crippen LogP contribution in [0.5, 0.6) is 5.75 Å². The van der Waals surface area contributed by atoms with Crippen LogP contribution in [0.3, 0.4) is 0 Å². The second kappa shape index (κ2) is 5.96. The molecule has 4 heteroatoms. The predicted molar refractivity (Wildman–Crippen MR) is 51.0 cm³/mol. The van der Waals surface area contributed by atoms with Gasteiger partial charge < -0.3 is 9.47 Å². The summed E-state index contributed by atoms with van der Waals surface area (Å²) in [7, 11) is 0. The SMILES string of the molecule is CCOC(=O)CCOc1cccnc1. The highest BCUT2D eigenvalue weighted by atomic mass is 16.5. The smallest absolute Gasteiger partial charge is 0.309 e. The first-order valence-electron chi connectivity index (χ1n) is 4.51. The van der Waals surface area contributed by atoms with Gasteiger partial charge >= 0.3 is 5.97 Å². The fourth-order valence-electron chi connectivity index (χ4n) is 0.918. The molecule has 1 heterocycles. The zero-order chi connectivity index (χ0) is 10.2. The Morgan fingerprint density at radius 3 is 3.07 bits per heavy atom. The van der Waals surface area contributed by atoms with Gasteiger partial charge in [0.05, 0.1) is 25.8 Å². The number of hydrogen-bond donors (Lipinski definition) is 0.